The summed E-state index contributed by atoms with van der Waals surface area (Å²) in [5, 5.41) is 0. The molecule has 0 fully saturated rings. The van der Waals surface area contributed by atoms with Crippen molar-refractivity contribution in [2.45, 2.75) is 13.8 Å². The Labute approximate surface area is 74.0 Å². The fourth-order valence-electron chi connectivity index (χ4n) is 1.91. The summed E-state index contributed by atoms with van der Waals surface area (Å²) in [7, 11) is 0. The normalized spacial score (nSPS) is 32.5. The van der Waals surface area contributed by atoms with Crippen molar-refractivity contribution in [1.29, 1.82) is 0 Å². The first-order chi connectivity index (χ1) is 5.79. The summed E-state index contributed by atoms with van der Waals surface area (Å²) in [5.74, 6) is 1.31. The van der Waals surface area contributed by atoms with Crippen molar-refractivity contribution in [2.24, 2.45) is 11.8 Å². The van der Waals surface area contributed by atoms with Gasteiger partial charge in [0.1, 0.15) is 0 Å². The fourth-order valence-corrected chi connectivity index (χ4v) is 1.91. The maximum Gasteiger partial charge on any atom is 0.00839 e. The molecule has 0 nitrogen and oxygen atoms in total. The molecule has 0 N–H and O–H groups in total. The molecule has 0 heterocycles. The molecule has 0 aromatic heterocycles. The van der Waals surface area contributed by atoms with Crippen LogP contribution in [0, 0.1) is 11.8 Å². The third-order valence-electron chi connectivity index (χ3n) is 2.87. The number of fused-ring (bicyclic) bond motifs is 1. The Bertz CT molecular complexity index is 300. The molecular weight excluding hydrogens is 144 g/mol. The van der Waals surface area contributed by atoms with E-state index in [9.17, 15) is 0 Å². The lowest BCUT2D eigenvalue weighted by molar-refractivity contribution is 0.592. The van der Waals surface area contributed by atoms with Gasteiger partial charge < -0.3 is 0 Å². The number of hydrogen-bond acceptors (Lipinski definition) is 0. The van der Waals surface area contributed by atoms with Crippen LogP contribution in [0.5, 0.6) is 0 Å². The first-order valence-corrected chi connectivity index (χ1v) is 4.52. The van der Waals surface area contributed by atoms with Crippen LogP contribution in [0.2, 0.25) is 0 Å². The van der Waals surface area contributed by atoms with Crippen molar-refractivity contribution in [3.05, 3.63) is 47.6 Å². The third kappa shape index (κ3) is 1.08. The van der Waals surface area contributed by atoms with Gasteiger partial charge in [-0.25, -0.2) is 0 Å². The minimum absolute atomic E-state index is 0.625. The Balaban J connectivity index is 2.40. The molecule has 0 aromatic rings. The molecule has 0 bridgehead atoms. The van der Waals surface area contributed by atoms with Gasteiger partial charge in [-0.2, -0.15) is 0 Å². The largest absolute Gasteiger partial charge is 0.0764 e. The molecule has 0 saturated heterocycles. The molecule has 12 heavy (non-hydrogen) atoms. The van der Waals surface area contributed by atoms with Crippen LogP contribution in [-0.2, 0) is 0 Å². The van der Waals surface area contributed by atoms with Gasteiger partial charge in [-0.3, -0.25) is 0 Å². The van der Waals surface area contributed by atoms with E-state index in [1.54, 1.807) is 0 Å². The van der Waals surface area contributed by atoms with Crippen LogP contribution < -0.4 is 0 Å². The highest BCUT2D eigenvalue weighted by molar-refractivity contribution is 5.42. The number of allylic oxidation sites excluding steroid dienone is 8. The van der Waals surface area contributed by atoms with Crippen LogP contribution in [0.15, 0.2) is 47.6 Å². The van der Waals surface area contributed by atoms with Crippen molar-refractivity contribution in [2.75, 3.05) is 0 Å². The van der Waals surface area contributed by atoms with E-state index in [-0.39, 0.29) is 0 Å². The molecule has 0 aliphatic heterocycles. The molecule has 62 valence electrons. The Morgan fingerprint density at radius 3 is 2.83 bits per heavy atom. The van der Waals surface area contributed by atoms with Gasteiger partial charge in [0.15, 0.2) is 0 Å². The monoisotopic (exact) mass is 158 g/mol. The Hall–Kier alpha value is -1.04. The first kappa shape index (κ1) is 7.60. The van der Waals surface area contributed by atoms with Gasteiger partial charge in [0.25, 0.3) is 0 Å². The van der Waals surface area contributed by atoms with Crippen molar-refractivity contribution in [1.82, 2.24) is 0 Å². The van der Waals surface area contributed by atoms with E-state index in [1.807, 2.05) is 0 Å². The van der Waals surface area contributed by atoms with Crippen LogP contribution >= 0.6 is 0 Å². The van der Waals surface area contributed by atoms with Gasteiger partial charge in [-0.1, -0.05) is 49.0 Å². The summed E-state index contributed by atoms with van der Waals surface area (Å²) in [6.45, 7) is 4.52. The summed E-state index contributed by atoms with van der Waals surface area (Å²) in [5.41, 5.74) is 2.97. The van der Waals surface area contributed by atoms with Crippen molar-refractivity contribution in [3.63, 3.8) is 0 Å². The summed E-state index contributed by atoms with van der Waals surface area (Å²) in [6, 6.07) is 0. The number of rotatable bonds is 0. The van der Waals surface area contributed by atoms with Gasteiger partial charge in [0.05, 0.1) is 0 Å². The van der Waals surface area contributed by atoms with Gasteiger partial charge >= 0.3 is 0 Å². The third-order valence-corrected chi connectivity index (χ3v) is 2.87. The maximum absolute atomic E-state index is 2.31. The average Bonchev–Trinajstić information content (AvgIpc) is 2.30. The minimum Gasteiger partial charge on any atom is -0.0764 e. The predicted octanol–water partition coefficient (Wildman–Crippen LogP) is 3.25. The molecule has 2 aliphatic rings. The van der Waals surface area contributed by atoms with E-state index in [0.29, 0.717) is 11.8 Å². The summed E-state index contributed by atoms with van der Waals surface area (Å²) in [6.07, 6.45) is 13.2. The van der Waals surface area contributed by atoms with Crippen LogP contribution in [-0.4, -0.2) is 0 Å². The van der Waals surface area contributed by atoms with Gasteiger partial charge in [-0.05, 0) is 18.4 Å². The van der Waals surface area contributed by atoms with Gasteiger partial charge in [-0.15, -0.1) is 0 Å². The van der Waals surface area contributed by atoms with E-state index in [2.05, 4.69) is 50.3 Å². The van der Waals surface area contributed by atoms with E-state index in [0.717, 1.165) is 0 Å². The second-order valence-electron chi connectivity index (χ2n) is 3.64. The fraction of sp³-hybridized carbons (Fsp3) is 0.333. The van der Waals surface area contributed by atoms with Gasteiger partial charge in [0.2, 0.25) is 0 Å². The Morgan fingerprint density at radius 1 is 1.17 bits per heavy atom. The lowest BCUT2D eigenvalue weighted by atomic mass is 9.91. The summed E-state index contributed by atoms with van der Waals surface area (Å²) in [4.78, 5) is 0. The van der Waals surface area contributed by atoms with E-state index >= 15 is 0 Å². The summed E-state index contributed by atoms with van der Waals surface area (Å²) >= 11 is 0. The maximum atomic E-state index is 2.31. The minimum atomic E-state index is 0.625. The van der Waals surface area contributed by atoms with E-state index < -0.39 is 0 Å². The molecular formula is C12H14. The second kappa shape index (κ2) is 2.78. The molecule has 0 saturated carbocycles. The molecule has 0 spiro atoms. The highest BCUT2D eigenvalue weighted by Crippen LogP contribution is 2.37. The predicted molar refractivity (Wildman–Crippen MR) is 52.8 cm³/mol. The molecule has 2 unspecified atom stereocenters. The van der Waals surface area contributed by atoms with Crippen LogP contribution in [0.3, 0.4) is 0 Å². The van der Waals surface area contributed by atoms with E-state index in [4.69, 9.17) is 0 Å². The lowest BCUT2D eigenvalue weighted by Crippen LogP contribution is -2.04. The molecule has 0 aromatic carbocycles. The second-order valence-corrected chi connectivity index (χ2v) is 3.64. The lowest BCUT2D eigenvalue weighted by Gasteiger charge is -2.13. The molecule has 2 atom stereocenters. The number of hydrogen-bond donors (Lipinski definition) is 0. The average molecular weight is 158 g/mol. The van der Waals surface area contributed by atoms with E-state index in [1.165, 1.54) is 11.1 Å². The van der Waals surface area contributed by atoms with Crippen LogP contribution in [0.1, 0.15) is 13.8 Å². The summed E-state index contributed by atoms with van der Waals surface area (Å²) < 4.78 is 0. The smallest absolute Gasteiger partial charge is 0.00839 e. The molecule has 0 amide bonds. The molecule has 2 aliphatic carbocycles. The highest BCUT2D eigenvalue weighted by Gasteiger charge is 2.25. The van der Waals surface area contributed by atoms with Crippen LogP contribution in [0.4, 0.5) is 0 Å². The zero-order valence-corrected chi connectivity index (χ0v) is 7.62. The van der Waals surface area contributed by atoms with Crippen molar-refractivity contribution >= 4 is 0 Å². The van der Waals surface area contributed by atoms with Gasteiger partial charge in [0, 0.05) is 5.92 Å². The zero-order chi connectivity index (χ0) is 8.55. The molecule has 2 rings (SSSR count). The SMILES string of the molecule is CC1=CC2=CC=CC=CC2C1C. The molecule has 0 radical (unpaired) electrons. The highest BCUT2D eigenvalue weighted by atomic mass is 14.3. The first-order valence-electron chi connectivity index (χ1n) is 4.52. The standard InChI is InChI=1S/C12H14/c1-9-8-11-6-4-3-5-7-12(11)10(9)2/h3-8,10,12H,1-2H3. The van der Waals surface area contributed by atoms with Crippen molar-refractivity contribution < 1.29 is 0 Å². The zero-order valence-electron chi connectivity index (χ0n) is 7.62. The topological polar surface area (TPSA) is 0 Å². The quantitative estimate of drug-likeness (QED) is 0.507. The Kier molecular flexibility index (Phi) is 1.76. The molecule has 0 heteroatoms. The van der Waals surface area contributed by atoms with Crippen molar-refractivity contribution in [3.8, 4) is 0 Å². The van der Waals surface area contributed by atoms with Crippen LogP contribution in [0.25, 0.3) is 0 Å². The Morgan fingerprint density at radius 2 is 2.00 bits per heavy atom.